The molecule has 0 N–H and O–H groups in total. The fraction of sp³-hybridized carbons (Fsp3) is 0.333. The topological polar surface area (TPSA) is 0 Å². The zero-order chi connectivity index (χ0) is 14.5. The van der Waals surface area contributed by atoms with E-state index < -0.39 is 0 Å². The first kappa shape index (κ1) is 15.5. The average Bonchev–Trinajstić information content (AvgIpc) is 2.45. The van der Waals surface area contributed by atoms with E-state index in [0.29, 0.717) is 0 Å². The molecule has 2 aromatic carbocycles. The minimum absolute atomic E-state index is 1.10. The van der Waals surface area contributed by atoms with Crippen molar-refractivity contribution in [1.82, 2.24) is 0 Å². The third-order valence-corrected chi connectivity index (χ3v) is 6.20. The molecule has 0 fully saturated rings. The van der Waals surface area contributed by atoms with Crippen LogP contribution in [0.4, 0.5) is 0 Å². The van der Waals surface area contributed by atoms with Crippen molar-refractivity contribution in [2.24, 2.45) is 0 Å². The lowest BCUT2D eigenvalue weighted by molar-refractivity contribution is 1.05. The van der Waals surface area contributed by atoms with E-state index in [-0.39, 0.29) is 0 Å². The summed E-state index contributed by atoms with van der Waals surface area (Å²) in [6, 6.07) is 13.2. The molecule has 2 rings (SSSR count). The SMILES string of the molecule is CCc1c(C)cccc1SSc1cccc(C)c1CC. The van der Waals surface area contributed by atoms with Gasteiger partial charge in [0.15, 0.2) is 0 Å². The first-order valence-corrected chi connectivity index (χ1v) is 9.33. The van der Waals surface area contributed by atoms with E-state index >= 15 is 0 Å². The van der Waals surface area contributed by atoms with Gasteiger partial charge in [0.25, 0.3) is 0 Å². The fourth-order valence-corrected chi connectivity index (χ4v) is 5.24. The minimum Gasteiger partial charge on any atom is -0.0612 e. The molecule has 0 heterocycles. The largest absolute Gasteiger partial charge is 0.0612 e. The van der Waals surface area contributed by atoms with Crippen LogP contribution in [0.5, 0.6) is 0 Å². The van der Waals surface area contributed by atoms with Crippen molar-refractivity contribution in [2.75, 3.05) is 0 Å². The third kappa shape index (κ3) is 3.42. The summed E-state index contributed by atoms with van der Waals surface area (Å²) in [5.74, 6) is 0. The van der Waals surface area contributed by atoms with Gasteiger partial charge in [-0.15, -0.1) is 0 Å². The summed E-state index contributed by atoms with van der Waals surface area (Å²) in [6.07, 6.45) is 2.20. The van der Waals surface area contributed by atoms with Crippen molar-refractivity contribution >= 4 is 21.6 Å². The summed E-state index contributed by atoms with van der Waals surface area (Å²) >= 11 is 0. The number of hydrogen-bond acceptors (Lipinski definition) is 2. The van der Waals surface area contributed by atoms with Gasteiger partial charge >= 0.3 is 0 Å². The van der Waals surface area contributed by atoms with Crippen LogP contribution in [0, 0.1) is 13.8 Å². The van der Waals surface area contributed by atoms with Gasteiger partial charge in [-0.3, -0.25) is 0 Å². The van der Waals surface area contributed by atoms with Gasteiger partial charge in [-0.25, -0.2) is 0 Å². The average molecular weight is 303 g/mol. The van der Waals surface area contributed by atoms with Crippen molar-refractivity contribution in [3.63, 3.8) is 0 Å². The van der Waals surface area contributed by atoms with Crippen LogP contribution in [0.15, 0.2) is 46.2 Å². The van der Waals surface area contributed by atoms with E-state index in [1.54, 1.807) is 0 Å². The van der Waals surface area contributed by atoms with Crippen LogP contribution < -0.4 is 0 Å². The quantitative estimate of drug-likeness (QED) is 0.601. The summed E-state index contributed by atoms with van der Waals surface area (Å²) in [5.41, 5.74) is 5.77. The Hall–Kier alpha value is -0.860. The molecule has 0 spiro atoms. The Morgan fingerprint density at radius 2 is 1.10 bits per heavy atom. The molecule has 2 aromatic rings. The normalized spacial score (nSPS) is 10.8. The molecule has 0 amide bonds. The van der Waals surface area contributed by atoms with Gasteiger partial charge in [-0.2, -0.15) is 0 Å². The predicted molar refractivity (Wildman–Crippen MR) is 92.8 cm³/mol. The number of aryl methyl sites for hydroxylation is 2. The lowest BCUT2D eigenvalue weighted by Crippen LogP contribution is -1.90. The molecular formula is C18H22S2. The van der Waals surface area contributed by atoms with Crippen LogP contribution in [0.3, 0.4) is 0 Å². The van der Waals surface area contributed by atoms with Gasteiger partial charge in [0.05, 0.1) is 0 Å². The summed E-state index contributed by atoms with van der Waals surface area (Å²) in [6.45, 7) is 8.89. The zero-order valence-corrected chi connectivity index (χ0v) is 14.3. The highest BCUT2D eigenvalue weighted by atomic mass is 33.1. The van der Waals surface area contributed by atoms with Crippen LogP contribution in [-0.2, 0) is 12.8 Å². The highest BCUT2D eigenvalue weighted by molar-refractivity contribution is 8.76. The van der Waals surface area contributed by atoms with E-state index in [4.69, 9.17) is 0 Å². The summed E-state index contributed by atoms with van der Waals surface area (Å²) in [5, 5.41) is 0. The van der Waals surface area contributed by atoms with Crippen LogP contribution in [-0.4, -0.2) is 0 Å². The molecule has 0 saturated heterocycles. The van der Waals surface area contributed by atoms with E-state index in [0.717, 1.165) is 12.8 Å². The maximum atomic E-state index is 2.24. The van der Waals surface area contributed by atoms with E-state index in [9.17, 15) is 0 Å². The smallest absolute Gasteiger partial charge is 0.0220 e. The summed E-state index contributed by atoms with van der Waals surface area (Å²) in [7, 11) is 3.79. The summed E-state index contributed by atoms with van der Waals surface area (Å²) < 4.78 is 0. The van der Waals surface area contributed by atoms with Crippen molar-refractivity contribution < 1.29 is 0 Å². The maximum Gasteiger partial charge on any atom is 0.0220 e. The van der Waals surface area contributed by atoms with E-state index in [2.05, 4.69) is 64.1 Å². The Morgan fingerprint density at radius 3 is 1.45 bits per heavy atom. The van der Waals surface area contributed by atoms with Crippen LogP contribution in [0.2, 0.25) is 0 Å². The molecule has 0 aliphatic heterocycles. The Bertz CT molecular complexity index is 534. The molecule has 0 unspecified atom stereocenters. The molecular weight excluding hydrogens is 280 g/mol. The molecule has 0 bridgehead atoms. The lowest BCUT2D eigenvalue weighted by Gasteiger charge is -2.12. The van der Waals surface area contributed by atoms with Crippen molar-refractivity contribution in [1.29, 1.82) is 0 Å². The standard InChI is InChI=1S/C18H22S2/c1-5-15-13(3)9-7-11-17(15)19-20-18-12-8-10-14(4)16(18)6-2/h7-12H,5-6H2,1-4H3. The molecule has 20 heavy (non-hydrogen) atoms. The van der Waals surface area contributed by atoms with Crippen molar-refractivity contribution in [3.05, 3.63) is 58.7 Å². The van der Waals surface area contributed by atoms with Gasteiger partial charge in [0, 0.05) is 9.79 Å². The van der Waals surface area contributed by atoms with Gasteiger partial charge in [-0.1, -0.05) is 59.7 Å². The number of hydrogen-bond donors (Lipinski definition) is 0. The molecule has 2 heteroatoms. The minimum atomic E-state index is 1.10. The number of benzene rings is 2. The molecule has 0 aromatic heterocycles. The van der Waals surface area contributed by atoms with Gasteiger partial charge < -0.3 is 0 Å². The molecule has 0 saturated carbocycles. The van der Waals surface area contributed by atoms with Gasteiger partial charge in [0.1, 0.15) is 0 Å². The number of rotatable bonds is 5. The molecule has 0 atom stereocenters. The predicted octanol–water partition coefficient (Wildman–Crippen LogP) is 6.23. The van der Waals surface area contributed by atoms with Crippen LogP contribution >= 0.6 is 21.6 Å². The third-order valence-electron chi connectivity index (χ3n) is 3.66. The molecule has 0 aliphatic rings. The van der Waals surface area contributed by atoms with Crippen LogP contribution in [0.25, 0.3) is 0 Å². The Kier molecular flexibility index (Phi) is 5.62. The van der Waals surface area contributed by atoms with E-state index in [1.807, 2.05) is 21.6 Å². The Morgan fingerprint density at radius 1 is 0.700 bits per heavy atom. The Balaban J connectivity index is 2.21. The first-order valence-electron chi connectivity index (χ1n) is 7.18. The summed E-state index contributed by atoms with van der Waals surface area (Å²) in [4.78, 5) is 2.81. The van der Waals surface area contributed by atoms with Crippen molar-refractivity contribution in [3.8, 4) is 0 Å². The van der Waals surface area contributed by atoms with Gasteiger partial charge in [-0.05, 0) is 61.1 Å². The van der Waals surface area contributed by atoms with E-state index in [1.165, 1.54) is 32.0 Å². The highest BCUT2D eigenvalue weighted by Crippen LogP contribution is 2.41. The maximum absolute atomic E-state index is 2.24. The fourth-order valence-electron chi connectivity index (χ4n) is 2.50. The van der Waals surface area contributed by atoms with Crippen LogP contribution in [0.1, 0.15) is 36.1 Å². The first-order chi connectivity index (χ1) is 9.67. The molecule has 106 valence electrons. The van der Waals surface area contributed by atoms with Gasteiger partial charge in [0.2, 0.25) is 0 Å². The monoisotopic (exact) mass is 302 g/mol. The second-order valence-corrected chi connectivity index (χ2v) is 7.19. The lowest BCUT2D eigenvalue weighted by atomic mass is 10.1. The second kappa shape index (κ2) is 7.24. The Labute approximate surface area is 130 Å². The molecule has 0 nitrogen and oxygen atoms in total. The molecule has 0 aliphatic carbocycles. The zero-order valence-electron chi connectivity index (χ0n) is 12.7. The molecule has 0 radical (unpaired) electrons. The highest BCUT2D eigenvalue weighted by Gasteiger charge is 2.08. The van der Waals surface area contributed by atoms with Crippen molar-refractivity contribution in [2.45, 2.75) is 50.3 Å². The second-order valence-electron chi connectivity index (χ2n) is 4.98.